The average molecular weight is 340 g/mol. The van der Waals surface area contributed by atoms with Crippen LogP contribution in [-0.2, 0) is 11.3 Å². The van der Waals surface area contributed by atoms with E-state index in [1.807, 2.05) is 32.0 Å². The van der Waals surface area contributed by atoms with Crippen LogP contribution < -0.4 is 5.32 Å². The van der Waals surface area contributed by atoms with Crippen molar-refractivity contribution in [3.05, 3.63) is 70.5 Å². The molecular formula is C20H21FN2O2. The number of hydrogen-bond acceptors (Lipinski definition) is 3. The summed E-state index contributed by atoms with van der Waals surface area (Å²) in [5.41, 5.74) is 4.79. The van der Waals surface area contributed by atoms with Crippen molar-refractivity contribution in [2.24, 2.45) is 5.16 Å². The summed E-state index contributed by atoms with van der Waals surface area (Å²) >= 11 is 0. The van der Waals surface area contributed by atoms with Gasteiger partial charge in [-0.05, 0) is 54.8 Å². The van der Waals surface area contributed by atoms with Crippen molar-refractivity contribution >= 4 is 11.6 Å². The summed E-state index contributed by atoms with van der Waals surface area (Å²) in [6.45, 7) is 4.41. The third-order valence-electron chi connectivity index (χ3n) is 4.37. The van der Waals surface area contributed by atoms with Gasteiger partial charge in [-0.1, -0.05) is 23.4 Å². The van der Waals surface area contributed by atoms with E-state index in [-0.39, 0.29) is 17.8 Å². The molecule has 0 aliphatic carbocycles. The predicted molar refractivity (Wildman–Crippen MR) is 95.3 cm³/mol. The number of nitrogens with zero attached hydrogens (tertiary/aromatic N) is 1. The number of carbonyl (C=O) groups is 1. The molecule has 130 valence electrons. The molecule has 1 atom stereocenters. The van der Waals surface area contributed by atoms with Crippen molar-refractivity contribution in [2.75, 3.05) is 6.54 Å². The topological polar surface area (TPSA) is 50.7 Å². The van der Waals surface area contributed by atoms with E-state index in [1.54, 1.807) is 12.1 Å². The Balaban J connectivity index is 1.48. The highest BCUT2D eigenvalue weighted by Gasteiger charge is 2.22. The molecule has 2 aromatic carbocycles. The lowest BCUT2D eigenvalue weighted by molar-refractivity contribution is 0.0753. The second-order valence-corrected chi connectivity index (χ2v) is 6.40. The largest absolute Gasteiger partial charge is 0.390 e. The van der Waals surface area contributed by atoms with Gasteiger partial charge in [-0.3, -0.25) is 4.79 Å². The Morgan fingerprint density at radius 3 is 2.68 bits per heavy atom. The van der Waals surface area contributed by atoms with Crippen LogP contribution in [0.1, 0.15) is 33.5 Å². The van der Waals surface area contributed by atoms with Crippen LogP contribution in [0.15, 0.2) is 47.6 Å². The van der Waals surface area contributed by atoms with E-state index >= 15 is 0 Å². The third-order valence-corrected chi connectivity index (χ3v) is 4.37. The zero-order valence-electron chi connectivity index (χ0n) is 14.4. The van der Waals surface area contributed by atoms with Crippen molar-refractivity contribution in [1.82, 2.24) is 5.32 Å². The van der Waals surface area contributed by atoms with Gasteiger partial charge < -0.3 is 10.2 Å². The van der Waals surface area contributed by atoms with Gasteiger partial charge >= 0.3 is 0 Å². The van der Waals surface area contributed by atoms with E-state index in [9.17, 15) is 9.18 Å². The molecule has 0 spiro atoms. The standard InChI is InChI=1S/C20H21FN2O2/c1-13-3-6-16(9-14(13)2)20(24)22-12-19-11-18(23-25-19)10-15-4-7-17(21)8-5-15/h3-9,19H,10-12H2,1-2H3,(H,22,24). The molecule has 1 N–H and O–H groups in total. The normalized spacial score (nSPS) is 16.3. The van der Waals surface area contributed by atoms with E-state index in [2.05, 4.69) is 10.5 Å². The first-order valence-corrected chi connectivity index (χ1v) is 8.33. The van der Waals surface area contributed by atoms with Crippen molar-refractivity contribution < 1.29 is 14.0 Å². The number of benzene rings is 2. The second kappa shape index (κ2) is 7.47. The number of carbonyl (C=O) groups excluding carboxylic acids is 1. The van der Waals surface area contributed by atoms with Crippen molar-refractivity contribution in [3.8, 4) is 0 Å². The maximum absolute atomic E-state index is 12.9. The maximum atomic E-state index is 12.9. The SMILES string of the molecule is Cc1ccc(C(=O)NCC2CC(Cc3ccc(F)cc3)=NO2)cc1C. The number of halogens is 1. The Labute approximate surface area is 146 Å². The van der Waals surface area contributed by atoms with Crippen LogP contribution in [0.5, 0.6) is 0 Å². The number of nitrogens with one attached hydrogen (secondary N) is 1. The fourth-order valence-electron chi connectivity index (χ4n) is 2.73. The van der Waals surface area contributed by atoms with Crippen LogP contribution in [0.25, 0.3) is 0 Å². The molecule has 1 aliphatic heterocycles. The molecular weight excluding hydrogens is 319 g/mol. The second-order valence-electron chi connectivity index (χ2n) is 6.40. The van der Waals surface area contributed by atoms with E-state index in [0.29, 0.717) is 24.9 Å². The zero-order chi connectivity index (χ0) is 17.8. The molecule has 25 heavy (non-hydrogen) atoms. The van der Waals surface area contributed by atoms with E-state index in [4.69, 9.17) is 4.84 Å². The van der Waals surface area contributed by atoms with Crippen molar-refractivity contribution in [2.45, 2.75) is 32.8 Å². The molecule has 0 saturated heterocycles. The Bertz CT molecular complexity index is 800. The molecule has 0 aromatic heterocycles. The molecule has 4 nitrogen and oxygen atoms in total. The highest BCUT2D eigenvalue weighted by Crippen LogP contribution is 2.15. The van der Waals surface area contributed by atoms with Gasteiger partial charge in [0.15, 0.2) is 0 Å². The average Bonchev–Trinajstić information content (AvgIpc) is 3.04. The summed E-state index contributed by atoms with van der Waals surface area (Å²) in [4.78, 5) is 17.6. The molecule has 1 aliphatic rings. The first-order chi connectivity index (χ1) is 12.0. The highest BCUT2D eigenvalue weighted by molar-refractivity contribution is 5.94. The molecule has 2 aromatic rings. The number of oxime groups is 1. The Morgan fingerprint density at radius 1 is 1.20 bits per heavy atom. The first-order valence-electron chi connectivity index (χ1n) is 8.33. The molecule has 0 radical (unpaired) electrons. The maximum Gasteiger partial charge on any atom is 0.251 e. The lowest BCUT2D eigenvalue weighted by atomic mass is 10.0. The van der Waals surface area contributed by atoms with Crippen LogP contribution >= 0.6 is 0 Å². The van der Waals surface area contributed by atoms with Crippen LogP contribution in [0.2, 0.25) is 0 Å². The number of aryl methyl sites for hydroxylation is 2. The Morgan fingerprint density at radius 2 is 1.96 bits per heavy atom. The van der Waals surface area contributed by atoms with Crippen LogP contribution in [0.4, 0.5) is 4.39 Å². The lowest BCUT2D eigenvalue weighted by Gasteiger charge is -2.11. The zero-order valence-corrected chi connectivity index (χ0v) is 14.4. The quantitative estimate of drug-likeness (QED) is 0.905. The minimum absolute atomic E-state index is 0.112. The molecule has 1 unspecified atom stereocenters. The fraction of sp³-hybridized carbons (Fsp3) is 0.300. The lowest BCUT2D eigenvalue weighted by Crippen LogP contribution is -2.32. The van der Waals surface area contributed by atoms with Gasteiger partial charge in [0.2, 0.25) is 0 Å². The Hall–Kier alpha value is -2.69. The van der Waals surface area contributed by atoms with E-state index in [1.165, 1.54) is 12.1 Å². The fourth-order valence-corrected chi connectivity index (χ4v) is 2.73. The molecule has 0 saturated carbocycles. The van der Waals surface area contributed by atoms with Gasteiger partial charge in [0.25, 0.3) is 5.91 Å². The number of amides is 1. The first kappa shape index (κ1) is 17.1. The summed E-state index contributed by atoms with van der Waals surface area (Å²) in [5, 5.41) is 6.98. The van der Waals surface area contributed by atoms with Gasteiger partial charge in [0.1, 0.15) is 11.9 Å². The van der Waals surface area contributed by atoms with Gasteiger partial charge in [-0.25, -0.2) is 4.39 Å². The third kappa shape index (κ3) is 4.44. The molecule has 0 bridgehead atoms. The molecule has 0 fully saturated rings. The summed E-state index contributed by atoms with van der Waals surface area (Å²) in [5.74, 6) is -0.362. The van der Waals surface area contributed by atoms with Gasteiger partial charge in [-0.2, -0.15) is 0 Å². The van der Waals surface area contributed by atoms with Crippen molar-refractivity contribution in [3.63, 3.8) is 0 Å². The highest BCUT2D eigenvalue weighted by atomic mass is 19.1. The minimum atomic E-state index is -0.250. The monoisotopic (exact) mass is 340 g/mol. The van der Waals surface area contributed by atoms with E-state index < -0.39 is 0 Å². The van der Waals surface area contributed by atoms with Crippen molar-refractivity contribution in [1.29, 1.82) is 0 Å². The van der Waals surface area contributed by atoms with Gasteiger partial charge in [0, 0.05) is 18.4 Å². The summed E-state index contributed by atoms with van der Waals surface area (Å²) in [7, 11) is 0. The van der Waals surface area contributed by atoms with E-state index in [0.717, 1.165) is 22.4 Å². The molecule has 1 heterocycles. The number of hydrogen-bond donors (Lipinski definition) is 1. The Kier molecular flexibility index (Phi) is 5.12. The summed E-state index contributed by atoms with van der Waals surface area (Å²) < 4.78 is 12.9. The predicted octanol–water partition coefficient (Wildman–Crippen LogP) is 3.56. The number of rotatable bonds is 5. The smallest absolute Gasteiger partial charge is 0.251 e. The summed E-state index contributed by atoms with van der Waals surface area (Å²) in [6, 6.07) is 12.0. The van der Waals surface area contributed by atoms with Crippen LogP contribution in [0, 0.1) is 19.7 Å². The van der Waals surface area contributed by atoms with Gasteiger partial charge in [0.05, 0.1) is 12.3 Å². The molecule has 3 rings (SSSR count). The van der Waals surface area contributed by atoms with Crippen LogP contribution in [0.3, 0.4) is 0 Å². The van der Waals surface area contributed by atoms with Crippen LogP contribution in [-0.4, -0.2) is 24.3 Å². The molecule has 1 amide bonds. The van der Waals surface area contributed by atoms with Gasteiger partial charge in [-0.15, -0.1) is 0 Å². The molecule has 5 heteroatoms. The summed E-state index contributed by atoms with van der Waals surface area (Å²) in [6.07, 6.45) is 1.12. The minimum Gasteiger partial charge on any atom is -0.390 e.